The average molecular weight is 409 g/mol. The van der Waals surface area contributed by atoms with Crippen LogP contribution in [0.4, 0.5) is 5.69 Å². The van der Waals surface area contributed by atoms with Crippen LogP contribution in [0.5, 0.6) is 11.5 Å². The molecular formula is C25H32N2O3. The molecule has 1 aliphatic carbocycles. The first-order valence-electron chi connectivity index (χ1n) is 11.0. The lowest BCUT2D eigenvalue weighted by molar-refractivity contribution is -0.116. The van der Waals surface area contributed by atoms with Crippen LogP contribution >= 0.6 is 0 Å². The Morgan fingerprint density at radius 1 is 1.03 bits per heavy atom. The van der Waals surface area contributed by atoms with Crippen molar-refractivity contribution in [1.82, 2.24) is 4.90 Å². The number of carbonyl (C=O) groups excluding carboxylic acids is 1. The van der Waals surface area contributed by atoms with Gasteiger partial charge in [0, 0.05) is 18.5 Å². The van der Waals surface area contributed by atoms with Gasteiger partial charge in [0.05, 0.1) is 19.9 Å². The summed E-state index contributed by atoms with van der Waals surface area (Å²) in [5.74, 6) is 2.01. The Kier molecular flexibility index (Phi) is 6.58. The Labute approximate surface area is 179 Å². The summed E-state index contributed by atoms with van der Waals surface area (Å²) < 4.78 is 10.6. The maximum atomic E-state index is 12.5. The monoisotopic (exact) mass is 408 g/mol. The first kappa shape index (κ1) is 20.7. The molecule has 0 spiro atoms. The van der Waals surface area contributed by atoms with Crippen molar-refractivity contribution in [2.24, 2.45) is 5.92 Å². The molecule has 0 aromatic heterocycles. The summed E-state index contributed by atoms with van der Waals surface area (Å²) in [6, 6.07) is 15.0. The van der Waals surface area contributed by atoms with Gasteiger partial charge < -0.3 is 14.8 Å². The van der Waals surface area contributed by atoms with Gasteiger partial charge in [-0.25, -0.2) is 0 Å². The number of nitrogens with one attached hydrogen (secondary N) is 1. The molecule has 30 heavy (non-hydrogen) atoms. The summed E-state index contributed by atoms with van der Waals surface area (Å²) in [6.07, 6.45) is 6.25. The molecule has 2 aromatic carbocycles. The standard InChI is InChI=1S/C25H32N2O3/c1-29-22-8-9-23(24(17-22)30-2)26-25(28)10-7-18-11-13-27(14-12-18)21-15-19-5-3-4-6-20(19)16-21/h3-6,8-9,17-18,21H,7,10-16H2,1-2H3,(H,26,28). The fourth-order valence-corrected chi connectivity index (χ4v) is 4.85. The summed E-state index contributed by atoms with van der Waals surface area (Å²) >= 11 is 0. The van der Waals surface area contributed by atoms with Crippen LogP contribution in [0.2, 0.25) is 0 Å². The normalized spacial score (nSPS) is 17.5. The molecule has 0 unspecified atom stereocenters. The van der Waals surface area contributed by atoms with E-state index in [1.807, 2.05) is 12.1 Å². The van der Waals surface area contributed by atoms with E-state index in [1.165, 1.54) is 36.8 Å². The number of likely N-dealkylation sites (tertiary alicyclic amines) is 1. The highest BCUT2D eigenvalue weighted by atomic mass is 16.5. The number of benzene rings is 2. The Bertz CT molecular complexity index is 849. The summed E-state index contributed by atoms with van der Waals surface area (Å²) in [5, 5.41) is 2.99. The summed E-state index contributed by atoms with van der Waals surface area (Å²) in [7, 11) is 3.21. The van der Waals surface area contributed by atoms with Gasteiger partial charge in [-0.1, -0.05) is 24.3 Å². The van der Waals surface area contributed by atoms with Crippen molar-refractivity contribution in [1.29, 1.82) is 0 Å². The zero-order valence-electron chi connectivity index (χ0n) is 18.0. The molecule has 1 amide bonds. The second kappa shape index (κ2) is 9.52. The molecule has 2 aromatic rings. The number of hydrogen-bond acceptors (Lipinski definition) is 4. The van der Waals surface area contributed by atoms with E-state index in [4.69, 9.17) is 9.47 Å². The van der Waals surface area contributed by atoms with Crippen molar-refractivity contribution in [3.8, 4) is 11.5 Å². The van der Waals surface area contributed by atoms with Crippen LogP contribution in [0.15, 0.2) is 42.5 Å². The zero-order chi connectivity index (χ0) is 20.9. The van der Waals surface area contributed by atoms with Crippen molar-refractivity contribution >= 4 is 11.6 Å². The van der Waals surface area contributed by atoms with Gasteiger partial charge in [-0.3, -0.25) is 9.69 Å². The largest absolute Gasteiger partial charge is 0.497 e. The number of nitrogens with zero attached hydrogens (tertiary/aromatic N) is 1. The smallest absolute Gasteiger partial charge is 0.224 e. The maximum Gasteiger partial charge on any atom is 0.224 e. The molecule has 1 heterocycles. The SMILES string of the molecule is COc1ccc(NC(=O)CCC2CCN(C3Cc4ccccc4C3)CC2)c(OC)c1. The number of carbonyl (C=O) groups is 1. The molecule has 1 aliphatic heterocycles. The van der Waals surface area contributed by atoms with Gasteiger partial charge in [0.2, 0.25) is 5.91 Å². The Balaban J connectivity index is 1.21. The highest BCUT2D eigenvalue weighted by Gasteiger charge is 2.29. The van der Waals surface area contributed by atoms with Crippen LogP contribution in [0.1, 0.15) is 36.8 Å². The van der Waals surface area contributed by atoms with E-state index >= 15 is 0 Å². The fourth-order valence-electron chi connectivity index (χ4n) is 4.85. The van der Waals surface area contributed by atoms with Crippen LogP contribution in [-0.4, -0.2) is 44.2 Å². The van der Waals surface area contributed by atoms with E-state index in [0.717, 1.165) is 19.5 Å². The predicted octanol–water partition coefficient (Wildman–Crippen LogP) is 4.30. The number of ether oxygens (including phenoxy) is 2. The van der Waals surface area contributed by atoms with Crippen LogP contribution in [0.25, 0.3) is 0 Å². The Morgan fingerprint density at radius 2 is 1.73 bits per heavy atom. The van der Waals surface area contributed by atoms with Gasteiger partial charge in [-0.15, -0.1) is 0 Å². The van der Waals surface area contributed by atoms with Gasteiger partial charge in [0.15, 0.2) is 0 Å². The molecule has 5 nitrogen and oxygen atoms in total. The molecule has 5 heteroatoms. The number of anilines is 1. The van der Waals surface area contributed by atoms with E-state index in [2.05, 4.69) is 34.5 Å². The zero-order valence-corrected chi connectivity index (χ0v) is 18.0. The molecule has 0 bridgehead atoms. The minimum Gasteiger partial charge on any atom is -0.497 e. The number of rotatable bonds is 7. The number of hydrogen-bond donors (Lipinski definition) is 1. The highest BCUT2D eigenvalue weighted by molar-refractivity contribution is 5.92. The molecule has 0 saturated carbocycles. The maximum absolute atomic E-state index is 12.5. The molecule has 160 valence electrons. The minimum absolute atomic E-state index is 0.0483. The summed E-state index contributed by atoms with van der Waals surface area (Å²) in [4.78, 5) is 15.1. The van der Waals surface area contributed by atoms with Crippen molar-refractivity contribution in [2.45, 2.75) is 44.6 Å². The molecule has 4 rings (SSSR count). The molecule has 0 atom stereocenters. The van der Waals surface area contributed by atoms with Crippen LogP contribution < -0.4 is 14.8 Å². The molecule has 1 N–H and O–H groups in total. The number of methoxy groups -OCH3 is 2. The lowest BCUT2D eigenvalue weighted by atomic mass is 9.91. The second-order valence-corrected chi connectivity index (χ2v) is 8.46. The van der Waals surface area contributed by atoms with Gasteiger partial charge in [-0.2, -0.15) is 0 Å². The number of fused-ring (bicyclic) bond motifs is 1. The number of piperidine rings is 1. The third-order valence-corrected chi connectivity index (χ3v) is 6.66. The van der Waals surface area contributed by atoms with Crippen molar-refractivity contribution in [3.05, 3.63) is 53.6 Å². The van der Waals surface area contributed by atoms with Crippen LogP contribution in [0.3, 0.4) is 0 Å². The fraction of sp³-hybridized carbons (Fsp3) is 0.480. The highest BCUT2D eigenvalue weighted by Crippen LogP contribution is 2.31. The first-order valence-corrected chi connectivity index (χ1v) is 11.0. The molecule has 1 fully saturated rings. The molecule has 1 saturated heterocycles. The third-order valence-electron chi connectivity index (χ3n) is 6.66. The Hall–Kier alpha value is -2.53. The second-order valence-electron chi connectivity index (χ2n) is 8.46. The molecule has 2 aliphatic rings. The van der Waals surface area contributed by atoms with Crippen LogP contribution in [-0.2, 0) is 17.6 Å². The molecular weight excluding hydrogens is 376 g/mol. The van der Waals surface area contributed by atoms with Crippen molar-refractivity contribution in [3.63, 3.8) is 0 Å². The van der Waals surface area contributed by atoms with E-state index in [9.17, 15) is 4.79 Å². The van der Waals surface area contributed by atoms with E-state index < -0.39 is 0 Å². The molecule has 0 radical (unpaired) electrons. The van der Waals surface area contributed by atoms with Crippen molar-refractivity contribution in [2.75, 3.05) is 32.6 Å². The van der Waals surface area contributed by atoms with E-state index in [-0.39, 0.29) is 5.91 Å². The minimum atomic E-state index is 0.0483. The van der Waals surface area contributed by atoms with E-state index in [0.29, 0.717) is 35.6 Å². The van der Waals surface area contributed by atoms with Gasteiger partial charge in [-0.05, 0) is 74.4 Å². The predicted molar refractivity (Wildman–Crippen MR) is 119 cm³/mol. The Morgan fingerprint density at radius 3 is 2.37 bits per heavy atom. The lowest BCUT2D eigenvalue weighted by Gasteiger charge is -2.36. The summed E-state index contributed by atoms with van der Waals surface area (Å²) in [5.41, 5.74) is 3.74. The summed E-state index contributed by atoms with van der Waals surface area (Å²) in [6.45, 7) is 2.30. The average Bonchev–Trinajstić information content (AvgIpc) is 3.22. The number of amides is 1. The van der Waals surface area contributed by atoms with Gasteiger partial charge in [0.1, 0.15) is 11.5 Å². The van der Waals surface area contributed by atoms with E-state index in [1.54, 1.807) is 20.3 Å². The lowest BCUT2D eigenvalue weighted by Crippen LogP contribution is -2.42. The van der Waals surface area contributed by atoms with Crippen molar-refractivity contribution < 1.29 is 14.3 Å². The van der Waals surface area contributed by atoms with Gasteiger partial charge >= 0.3 is 0 Å². The quantitative estimate of drug-likeness (QED) is 0.742. The topological polar surface area (TPSA) is 50.8 Å². The van der Waals surface area contributed by atoms with Gasteiger partial charge in [0.25, 0.3) is 0 Å². The van der Waals surface area contributed by atoms with Crippen LogP contribution in [0, 0.1) is 5.92 Å². The third kappa shape index (κ3) is 4.78. The first-order chi connectivity index (χ1) is 14.7.